The molecule has 0 bridgehead atoms. The molecule has 12 heteroatoms. The second-order valence-corrected chi connectivity index (χ2v) is 10.3. The zero-order valence-corrected chi connectivity index (χ0v) is 19.6. The highest BCUT2D eigenvalue weighted by molar-refractivity contribution is 7.87. The van der Waals surface area contributed by atoms with Crippen molar-refractivity contribution in [1.82, 2.24) is 14.2 Å². The Labute approximate surface area is 195 Å². The summed E-state index contributed by atoms with van der Waals surface area (Å²) in [6.45, 7) is 1.92. The fraction of sp³-hybridized carbons (Fsp3) is 0.409. The molecule has 1 unspecified atom stereocenters. The van der Waals surface area contributed by atoms with E-state index in [4.69, 9.17) is 4.84 Å². The van der Waals surface area contributed by atoms with Crippen LogP contribution in [0.2, 0.25) is 0 Å². The third-order valence-corrected chi connectivity index (χ3v) is 7.06. The monoisotopic (exact) mass is 495 g/mol. The number of rotatable bonds is 5. The minimum absolute atomic E-state index is 0.0102. The zero-order chi connectivity index (χ0) is 24.6. The fourth-order valence-corrected chi connectivity index (χ4v) is 4.38. The van der Waals surface area contributed by atoms with Gasteiger partial charge in [-0.3, -0.25) is 4.98 Å². The number of nitrogens with zero attached hydrogens (tertiary/aromatic N) is 5. The summed E-state index contributed by atoms with van der Waals surface area (Å²) in [5.74, 6) is -1.73. The van der Waals surface area contributed by atoms with Gasteiger partial charge >= 0.3 is 10.2 Å². The normalized spacial score (nSPS) is 23.1. The van der Waals surface area contributed by atoms with E-state index in [0.29, 0.717) is 11.5 Å². The minimum atomic E-state index is -3.84. The first-order chi connectivity index (χ1) is 16.1. The molecule has 0 radical (unpaired) electrons. The van der Waals surface area contributed by atoms with Crippen molar-refractivity contribution in [2.24, 2.45) is 15.5 Å². The van der Waals surface area contributed by atoms with Crippen LogP contribution < -0.4 is 0 Å². The van der Waals surface area contributed by atoms with Crippen LogP contribution in [0.3, 0.4) is 0 Å². The second kappa shape index (κ2) is 9.34. The van der Waals surface area contributed by atoms with E-state index in [1.165, 1.54) is 32.3 Å². The molecule has 2 aliphatic rings. The summed E-state index contributed by atoms with van der Waals surface area (Å²) in [4.78, 5) is 11.6. The smallest absolute Gasteiger partial charge is 0.321 e. The van der Waals surface area contributed by atoms with Gasteiger partial charge in [0, 0.05) is 44.5 Å². The van der Waals surface area contributed by atoms with E-state index in [1.54, 1.807) is 24.1 Å². The van der Waals surface area contributed by atoms with E-state index in [1.807, 2.05) is 0 Å². The van der Waals surface area contributed by atoms with Crippen molar-refractivity contribution in [2.45, 2.75) is 25.6 Å². The summed E-state index contributed by atoms with van der Waals surface area (Å²) in [7, 11) is -1.16. The summed E-state index contributed by atoms with van der Waals surface area (Å²) >= 11 is 0. The van der Waals surface area contributed by atoms with E-state index in [-0.39, 0.29) is 30.6 Å². The molecule has 8 nitrogen and oxygen atoms in total. The summed E-state index contributed by atoms with van der Waals surface area (Å²) < 4.78 is 71.7. The van der Waals surface area contributed by atoms with Gasteiger partial charge in [0.05, 0.1) is 24.2 Å². The highest BCUT2D eigenvalue weighted by Crippen LogP contribution is 2.37. The first kappa shape index (κ1) is 24.1. The molecule has 4 rings (SSSR count). The Morgan fingerprint density at radius 2 is 1.94 bits per heavy atom. The molecule has 1 aromatic heterocycles. The van der Waals surface area contributed by atoms with Crippen molar-refractivity contribution in [3.8, 4) is 11.1 Å². The molecule has 1 saturated heterocycles. The van der Waals surface area contributed by atoms with E-state index >= 15 is 0 Å². The van der Waals surface area contributed by atoms with Crippen LogP contribution in [0, 0.1) is 24.5 Å². The molecule has 0 aliphatic carbocycles. The molecule has 182 valence electrons. The highest BCUT2D eigenvalue weighted by atomic mass is 32.2. The lowest BCUT2D eigenvalue weighted by molar-refractivity contribution is 0.0828. The van der Waals surface area contributed by atoms with Gasteiger partial charge in [-0.05, 0) is 30.7 Å². The number of benzene rings is 1. The molecule has 1 aromatic carbocycles. The molecule has 3 heterocycles. The number of amidine groups is 1. The molecule has 3 atom stereocenters. The predicted octanol–water partition coefficient (Wildman–Crippen LogP) is 3.26. The van der Waals surface area contributed by atoms with Crippen LogP contribution >= 0.6 is 0 Å². The second-order valence-electron chi connectivity index (χ2n) is 8.45. The van der Waals surface area contributed by atoms with E-state index in [2.05, 4.69) is 14.5 Å². The van der Waals surface area contributed by atoms with Gasteiger partial charge in [0.2, 0.25) is 0 Å². The van der Waals surface area contributed by atoms with E-state index in [0.717, 1.165) is 16.1 Å². The Morgan fingerprint density at radius 3 is 2.62 bits per heavy atom. The van der Waals surface area contributed by atoms with Crippen LogP contribution in [-0.4, -0.2) is 68.0 Å². The van der Waals surface area contributed by atoms with Crippen molar-refractivity contribution in [1.29, 1.82) is 0 Å². The first-order valence-corrected chi connectivity index (χ1v) is 12.0. The molecule has 0 amide bonds. The molecule has 2 aliphatic heterocycles. The summed E-state index contributed by atoms with van der Waals surface area (Å²) in [5, 5.41) is 4.06. The number of halogens is 3. The lowest BCUT2D eigenvalue weighted by Gasteiger charge is -2.17. The molecule has 0 saturated carbocycles. The topological polar surface area (TPSA) is 87.5 Å². The maximum Gasteiger partial charge on any atom is 0.321 e. The number of hydrogen-bond acceptors (Lipinski definition) is 6. The Kier molecular flexibility index (Phi) is 6.63. The van der Waals surface area contributed by atoms with Crippen molar-refractivity contribution >= 4 is 22.3 Å². The Hall–Kier alpha value is -2.99. The standard InChI is InChI=1S/C22H24F3N5O3S/c1-13-7-15(21-16(23)5-4-6-17(21)24)22(26-9-13)19-8-20(28-33-19)30-11-14(18(25)12-30)10-27-34(31,32)29(2)3/h4-7,9-10,14,18-19H,8,11-12H2,1-3H3/t14?,18-,19-/m0/s1. The predicted molar refractivity (Wildman–Crippen MR) is 121 cm³/mol. The summed E-state index contributed by atoms with van der Waals surface area (Å²) in [6, 6.07) is 5.27. The summed E-state index contributed by atoms with van der Waals surface area (Å²) in [6.07, 6.45) is 0.831. The highest BCUT2D eigenvalue weighted by Gasteiger charge is 2.38. The average molecular weight is 496 g/mol. The summed E-state index contributed by atoms with van der Waals surface area (Å²) in [5.41, 5.74) is 1.10. The van der Waals surface area contributed by atoms with Gasteiger partial charge < -0.3 is 9.74 Å². The van der Waals surface area contributed by atoms with E-state index in [9.17, 15) is 21.6 Å². The third-order valence-electron chi connectivity index (χ3n) is 5.75. The van der Waals surface area contributed by atoms with Crippen molar-refractivity contribution in [2.75, 3.05) is 27.2 Å². The zero-order valence-electron chi connectivity index (χ0n) is 18.8. The molecule has 2 aromatic rings. The number of alkyl halides is 1. The lowest BCUT2D eigenvalue weighted by Crippen LogP contribution is -2.28. The number of likely N-dealkylation sites (tertiary alicyclic amines) is 1. The SMILES string of the molecule is Cc1cnc([C@@H]2CC(N3CC(C=NS(=O)(=O)N(C)C)[C@@H](F)C3)=NO2)c(-c2c(F)cccc2F)c1. The average Bonchev–Trinajstić information content (AvgIpc) is 3.39. The maximum atomic E-state index is 14.6. The van der Waals surface area contributed by atoms with Crippen molar-refractivity contribution in [3.63, 3.8) is 0 Å². The number of oxime groups is 1. The lowest BCUT2D eigenvalue weighted by atomic mass is 9.97. The van der Waals surface area contributed by atoms with Gasteiger partial charge in [-0.25, -0.2) is 13.2 Å². The quantitative estimate of drug-likeness (QED) is 0.595. The van der Waals surface area contributed by atoms with Gasteiger partial charge in [-0.1, -0.05) is 11.2 Å². The number of aryl methyl sites for hydroxylation is 1. The van der Waals surface area contributed by atoms with Crippen LogP contribution in [0.25, 0.3) is 11.1 Å². The number of aromatic nitrogens is 1. The molecule has 1 fully saturated rings. The van der Waals surface area contributed by atoms with Crippen LogP contribution in [0.1, 0.15) is 23.8 Å². The molecule has 0 N–H and O–H groups in total. The largest absolute Gasteiger partial charge is 0.384 e. The van der Waals surface area contributed by atoms with Crippen molar-refractivity contribution in [3.05, 3.63) is 53.4 Å². The third kappa shape index (κ3) is 4.78. The van der Waals surface area contributed by atoms with Gasteiger partial charge in [0.25, 0.3) is 0 Å². The Bertz CT molecular complexity index is 1230. The number of hydrogen-bond donors (Lipinski definition) is 0. The van der Waals surface area contributed by atoms with E-state index < -0.39 is 40.0 Å². The molecule has 0 spiro atoms. The van der Waals surface area contributed by atoms with Gasteiger partial charge in [-0.2, -0.15) is 17.1 Å². The van der Waals surface area contributed by atoms with Crippen LogP contribution in [0.15, 0.2) is 40.0 Å². The first-order valence-electron chi connectivity index (χ1n) is 10.6. The maximum absolute atomic E-state index is 14.6. The van der Waals surface area contributed by atoms with Crippen LogP contribution in [0.4, 0.5) is 13.2 Å². The fourth-order valence-electron chi connectivity index (χ4n) is 3.88. The van der Waals surface area contributed by atoms with Gasteiger partial charge in [-0.15, -0.1) is 0 Å². The van der Waals surface area contributed by atoms with Crippen LogP contribution in [0.5, 0.6) is 0 Å². The molecule has 34 heavy (non-hydrogen) atoms. The van der Waals surface area contributed by atoms with Gasteiger partial charge in [0.1, 0.15) is 23.6 Å². The van der Waals surface area contributed by atoms with Gasteiger partial charge in [0.15, 0.2) is 6.10 Å². The Morgan fingerprint density at radius 1 is 1.24 bits per heavy atom. The number of pyridine rings is 1. The minimum Gasteiger partial charge on any atom is -0.384 e. The molecular formula is C22H24F3N5O3S. The van der Waals surface area contributed by atoms with Crippen LogP contribution in [-0.2, 0) is 15.0 Å². The van der Waals surface area contributed by atoms with Crippen molar-refractivity contribution < 1.29 is 26.4 Å². The Balaban J connectivity index is 1.52. The molecular weight excluding hydrogens is 471 g/mol.